The molecular weight excluding hydrogens is 202 g/mol. The number of nitrogens with zero attached hydrogens (tertiary/aromatic N) is 1. The van der Waals surface area contributed by atoms with Crippen molar-refractivity contribution in [3.05, 3.63) is 0 Å². The normalized spacial score (nSPS) is 35.4. The molecule has 2 rings (SSSR count). The van der Waals surface area contributed by atoms with Crippen molar-refractivity contribution in [2.45, 2.75) is 32.2 Å². The van der Waals surface area contributed by atoms with Crippen LogP contribution < -0.4 is 11.1 Å². The maximum absolute atomic E-state index is 12.4. The van der Waals surface area contributed by atoms with Crippen LogP contribution in [0.15, 0.2) is 0 Å². The highest BCUT2D eigenvalue weighted by atomic mass is 16.2. The van der Waals surface area contributed by atoms with Crippen molar-refractivity contribution in [2.75, 3.05) is 26.2 Å². The van der Waals surface area contributed by atoms with Gasteiger partial charge in [-0.3, -0.25) is 4.79 Å². The van der Waals surface area contributed by atoms with E-state index in [2.05, 4.69) is 17.1 Å². The highest BCUT2D eigenvalue weighted by molar-refractivity contribution is 5.80. The van der Waals surface area contributed by atoms with Crippen molar-refractivity contribution < 1.29 is 4.79 Å². The van der Waals surface area contributed by atoms with Crippen LogP contribution in [0.4, 0.5) is 0 Å². The quantitative estimate of drug-likeness (QED) is 0.705. The molecule has 1 unspecified atom stereocenters. The van der Waals surface area contributed by atoms with E-state index in [1.165, 1.54) is 6.42 Å². The Labute approximate surface area is 97.6 Å². The van der Waals surface area contributed by atoms with Crippen LogP contribution in [0.5, 0.6) is 0 Å². The Morgan fingerprint density at radius 1 is 1.50 bits per heavy atom. The average molecular weight is 225 g/mol. The SMILES string of the molecule is CC1CNCCN1C(=O)[C@@H]1CCC[C@@H]1CN. The monoisotopic (exact) mass is 225 g/mol. The fourth-order valence-corrected chi connectivity index (χ4v) is 3.03. The second kappa shape index (κ2) is 5.15. The van der Waals surface area contributed by atoms with Crippen LogP contribution in [0.3, 0.4) is 0 Å². The zero-order valence-corrected chi connectivity index (χ0v) is 10.1. The summed E-state index contributed by atoms with van der Waals surface area (Å²) in [5.41, 5.74) is 5.74. The lowest BCUT2D eigenvalue weighted by molar-refractivity contribution is -0.139. The van der Waals surface area contributed by atoms with Gasteiger partial charge >= 0.3 is 0 Å². The summed E-state index contributed by atoms with van der Waals surface area (Å²) >= 11 is 0. The summed E-state index contributed by atoms with van der Waals surface area (Å²) in [4.78, 5) is 14.5. The Balaban J connectivity index is 2.00. The molecule has 4 nitrogen and oxygen atoms in total. The van der Waals surface area contributed by atoms with E-state index < -0.39 is 0 Å². The van der Waals surface area contributed by atoms with Crippen molar-refractivity contribution in [2.24, 2.45) is 17.6 Å². The van der Waals surface area contributed by atoms with Gasteiger partial charge in [-0.15, -0.1) is 0 Å². The van der Waals surface area contributed by atoms with Gasteiger partial charge in [0.15, 0.2) is 0 Å². The predicted molar refractivity (Wildman–Crippen MR) is 63.9 cm³/mol. The van der Waals surface area contributed by atoms with Gasteiger partial charge in [0.25, 0.3) is 0 Å². The summed E-state index contributed by atoms with van der Waals surface area (Å²) in [6.45, 7) is 5.49. The molecule has 1 saturated carbocycles. The van der Waals surface area contributed by atoms with Gasteiger partial charge in [-0.2, -0.15) is 0 Å². The van der Waals surface area contributed by atoms with Crippen molar-refractivity contribution in [1.29, 1.82) is 0 Å². The number of amides is 1. The third-order valence-electron chi connectivity index (χ3n) is 4.06. The average Bonchev–Trinajstić information content (AvgIpc) is 2.77. The lowest BCUT2D eigenvalue weighted by atomic mass is 9.94. The number of hydrogen-bond donors (Lipinski definition) is 2. The maximum atomic E-state index is 12.4. The van der Waals surface area contributed by atoms with E-state index in [9.17, 15) is 4.79 Å². The van der Waals surface area contributed by atoms with Crippen LogP contribution in [0.1, 0.15) is 26.2 Å². The molecule has 0 radical (unpaired) electrons. The summed E-state index contributed by atoms with van der Waals surface area (Å²) in [5.74, 6) is 0.974. The Morgan fingerprint density at radius 2 is 2.31 bits per heavy atom. The van der Waals surface area contributed by atoms with E-state index in [4.69, 9.17) is 5.73 Å². The molecule has 92 valence electrons. The van der Waals surface area contributed by atoms with E-state index in [0.717, 1.165) is 32.5 Å². The molecule has 16 heavy (non-hydrogen) atoms. The number of carbonyl (C=O) groups excluding carboxylic acids is 1. The van der Waals surface area contributed by atoms with Crippen LogP contribution in [0.2, 0.25) is 0 Å². The van der Waals surface area contributed by atoms with Crippen LogP contribution >= 0.6 is 0 Å². The van der Waals surface area contributed by atoms with Crippen molar-refractivity contribution in [3.63, 3.8) is 0 Å². The molecule has 1 heterocycles. The molecule has 0 bridgehead atoms. The van der Waals surface area contributed by atoms with Crippen LogP contribution in [0.25, 0.3) is 0 Å². The number of nitrogens with two attached hydrogens (primary N) is 1. The minimum Gasteiger partial charge on any atom is -0.337 e. The Morgan fingerprint density at radius 3 is 3.00 bits per heavy atom. The molecule has 2 fully saturated rings. The predicted octanol–water partition coefficient (Wildman–Crippen LogP) is 0.182. The summed E-state index contributed by atoms with van der Waals surface area (Å²) in [6, 6.07) is 0.334. The summed E-state index contributed by atoms with van der Waals surface area (Å²) in [5, 5.41) is 3.32. The number of carbonyl (C=O) groups is 1. The van der Waals surface area contributed by atoms with Crippen LogP contribution in [-0.4, -0.2) is 43.0 Å². The van der Waals surface area contributed by atoms with Gasteiger partial charge in [0.05, 0.1) is 0 Å². The van der Waals surface area contributed by atoms with E-state index in [-0.39, 0.29) is 5.92 Å². The molecule has 2 aliphatic rings. The van der Waals surface area contributed by atoms with E-state index in [1.807, 2.05) is 0 Å². The largest absolute Gasteiger partial charge is 0.337 e. The standard InChI is InChI=1S/C12H23N3O/c1-9-8-14-5-6-15(9)12(16)11-4-2-3-10(11)7-13/h9-11,14H,2-8,13H2,1H3/t9?,10-,11-/m1/s1. The first-order valence-electron chi connectivity index (χ1n) is 6.45. The zero-order valence-electron chi connectivity index (χ0n) is 10.1. The summed E-state index contributed by atoms with van der Waals surface area (Å²) < 4.78 is 0. The third-order valence-corrected chi connectivity index (χ3v) is 4.06. The molecule has 0 aromatic carbocycles. The van der Waals surface area contributed by atoms with E-state index >= 15 is 0 Å². The van der Waals surface area contributed by atoms with Gasteiger partial charge in [-0.25, -0.2) is 0 Å². The van der Waals surface area contributed by atoms with Crippen molar-refractivity contribution >= 4 is 5.91 Å². The minimum atomic E-state index is 0.200. The van der Waals surface area contributed by atoms with Crippen LogP contribution in [-0.2, 0) is 4.79 Å². The first-order chi connectivity index (χ1) is 7.74. The molecule has 1 saturated heterocycles. The summed E-state index contributed by atoms with van der Waals surface area (Å²) in [6.07, 6.45) is 3.34. The van der Waals surface area contributed by atoms with Gasteiger partial charge < -0.3 is 16.0 Å². The van der Waals surface area contributed by atoms with Gasteiger partial charge in [-0.1, -0.05) is 6.42 Å². The number of hydrogen-bond acceptors (Lipinski definition) is 3. The van der Waals surface area contributed by atoms with Gasteiger partial charge in [0.2, 0.25) is 5.91 Å². The lowest BCUT2D eigenvalue weighted by Crippen LogP contribution is -2.54. The molecule has 0 aromatic rings. The maximum Gasteiger partial charge on any atom is 0.226 e. The smallest absolute Gasteiger partial charge is 0.226 e. The van der Waals surface area contributed by atoms with Gasteiger partial charge in [-0.05, 0) is 32.2 Å². The fraction of sp³-hybridized carbons (Fsp3) is 0.917. The van der Waals surface area contributed by atoms with Gasteiger partial charge in [0, 0.05) is 31.6 Å². The first kappa shape index (κ1) is 11.9. The highest BCUT2D eigenvalue weighted by Gasteiger charge is 2.36. The summed E-state index contributed by atoms with van der Waals surface area (Å²) in [7, 11) is 0. The molecule has 1 aliphatic heterocycles. The topological polar surface area (TPSA) is 58.4 Å². The lowest BCUT2D eigenvalue weighted by Gasteiger charge is -2.36. The molecule has 1 aliphatic carbocycles. The number of nitrogens with one attached hydrogen (secondary N) is 1. The molecule has 3 N–H and O–H groups in total. The zero-order chi connectivity index (χ0) is 11.5. The van der Waals surface area contributed by atoms with Crippen LogP contribution in [0, 0.1) is 11.8 Å². The highest BCUT2D eigenvalue weighted by Crippen LogP contribution is 2.32. The Kier molecular flexibility index (Phi) is 3.82. The second-order valence-electron chi connectivity index (χ2n) is 5.12. The fourth-order valence-electron chi connectivity index (χ4n) is 3.03. The number of piperazine rings is 1. The number of rotatable bonds is 2. The molecule has 3 atom stereocenters. The Bertz CT molecular complexity index is 253. The van der Waals surface area contributed by atoms with E-state index in [1.54, 1.807) is 0 Å². The second-order valence-corrected chi connectivity index (χ2v) is 5.12. The molecular formula is C12H23N3O. The molecule has 4 heteroatoms. The molecule has 1 amide bonds. The molecule has 0 spiro atoms. The molecule has 0 aromatic heterocycles. The minimum absolute atomic E-state index is 0.200. The third kappa shape index (κ3) is 2.23. The van der Waals surface area contributed by atoms with Gasteiger partial charge in [0.1, 0.15) is 0 Å². The van der Waals surface area contributed by atoms with E-state index in [0.29, 0.717) is 24.4 Å². The first-order valence-corrected chi connectivity index (χ1v) is 6.45. The van der Waals surface area contributed by atoms with Crippen molar-refractivity contribution in [1.82, 2.24) is 10.2 Å². The Hall–Kier alpha value is -0.610. The van der Waals surface area contributed by atoms with Crippen molar-refractivity contribution in [3.8, 4) is 0 Å².